The molecule has 1 rings (SSSR count). The zero-order valence-corrected chi connectivity index (χ0v) is 7.13. The summed E-state index contributed by atoms with van der Waals surface area (Å²) in [5, 5.41) is 0. The summed E-state index contributed by atoms with van der Waals surface area (Å²) < 4.78 is 25.6. The summed E-state index contributed by atoms with van der Waals surface area (Å²) in [4.78, 5) is 0. The third-order valence-electron chi connectivity index (χ3n) is 1.53. The Bertz CT molecular complexity index is 192. The normalized spacial score (nSPS) is 20.4. The van der Waals surface area contributed by atoms with E-state index in [2.05, 4.69) is 15.9 Å². The van der Waals surface area contributed by atoms with Crippen LogP contribution in [0.4, 0.5) is 8.78 Å². The van der Waals surface area contributed by atoms with E-state index in [1.807, 2.05) is 0 Å². The van der Waals surface area contributed by atoms with E-state index in [0.29, 0.717) is 22.9 Å². The minimum absolute atomic E-state index is 0.343. The number of hydrogen-bond acceptors (Lipinski definition) is 0. The van der Waals surface area contributed by atoms with Gasteiger partial charge in [-0.3, -0.25) is 0 Å². The second-order valence-electron chi connectivity index (χ2n) is 2.31. The lowest BCUT2D eigenvalue weighted by molar-refractivity contribution is 0.518. The van der Waals surface area contributed by atoms with Crippen molar-refractivity contribution in [1.82, 2.24) is 0 Å². The Balaban J connectivity index is 3.01. The molecule has 0 aromatic heterocycles. The van der Waals surface area contributed by atoms with E-state index in [4.69, 9.17) is 0 Å². The van der Waals surface area contributed by atoms with E-state index in [1.165, 1.54) is 0 Å². The van der Waals surface area contributed by atoms with Crippen molar-refractivity contribution in [1.29, 1.82) is 0 Å². The van der Waals surface area contributed by atoms with Gasteiger partial charge in [-0.1, -0.05) is 15.9 Å². The summed E-state index contributed by atoms with van der Waals surface area (Å²) in [5.41, 5.74) is 0.501. The average molecular weight is 209 g/mol. The number of rotatable bonds is 0. The Morgan fingerprint density at radius 3 is 2.30 bits per heavy atom. The molecule has 0 heterocycles. The first-order valence-corrected chi connectivity index (χ1v) is 3.82. The summed E-state index contributed by atoms with van der Waals surface area (Å²) in [5.74, 6) is -1.43. The fourth-order valence-electron chi connectivity index (χ4n) is 0.823. The standard InChI is InChI=1S/C7H7BrF2/c1-4-2-3-5(8)7(10)6(4)9/h2-3H2,1H3. The van der Waals surface area contributed by atoms with Gasteiger partial charge in [0.2, 0.25) is 0 Å². The lowest BCUT2D eigenvalue weighted by Gasteiger charge is -2.10. The van der Waals surface area contributed by atoms with Gasteiger partial charge in [-0.25, -0.2) is 8.78 Å². The number of halogens is 3. The molecule has 56 valence electrons. The van der Waals surface area contributed by atoms with Gasteiger partial charge >= 0.3 is 0 Å². The van der Waals surface area contributed by atoms with Crippen molar-refractivity contribution in [2.45, 2.75) is 19.8 Å². The predicted molar refractivity (Wildman–Crippen MR) is 40.1 cm³/mol. The van der Waals surface area contributed by atoms with Crippen LogP contribution in [0.1, 0.15) is 19.8 Å². The highest BCUT2D eigenvalue weighted by Crippen LogP contribution is 2.34. The van der Waals surface area contributed by atoms with Crippen molar-refractivity contribution >= 4 is 15.9 Å². The number of allylic oxidation sites excluding steroid dienone is 4. The quantitative estimate of drug-likeness (QED) is 0.571. The highest BCUT2D eigenvalue weighted by atomic mass is 79.9. The molecule has 0 bridgehead atoms. The predicted octanol–water partition coefficient (Wildman–Crippen LogP) is 3.60. The maximum Gasteiger partial charge on any atom is 0.168 e. The molecule has 0 unspecified atom stereocenters. The summed E-state index contributed by atoms with van der Waals surface area (Å²) in [7, 11) is 0. The van der Waals surface area contributed by atoms with E-state index >= 15 is 0 Å². The van der Waals surface area contributed by atoms with Crippen molar-refractivity contribution in [3.8, 4) is 0 Å². The molecule has 0 atom stereocenters. The smallest absolute Gasteiger partial charge is 0.168 e. The van der Waals surface area contributed by atoms with E-state index in [1.54, 1.807) is 6.92 Å². The summed E-state index contributed by atoms with van der Waals surface area (Å²) in [6, 6.07) is 0. The summed E-state index contributed by atoms with van der Waals surface area (Å²) in [6.07, 6.45) is 1.19. The van der Waals surface area contributed by atoms with E-state index < -0.39 is 11.7 Å². The average Bonchev–Trinajstić information content (AvgIpc) is 1.93. The molecule has 0 amide bonds. The van der Waals surface area contributed by atoms with Crippen LogP contribution in [0.15, 0.2) is 21.7 Å². The molecule has 0 radical (unpaired) electrons. The minimum Gasteiger partial charge on any atom is -0.204 e. The molecular weight excluding hydrogens is 202 g/mol. The van der Waals surface area contributed by atoms with Crippen LogP contribution in [0.3, 0.4) is 0 Å². The highest BCUT2D eigenvalue weighted by molar-refractivity contribution is 9.11. The van der Waals surface area contributed by atoms with E-state index in [0.717, 1.165) is 0 Å². The van der Waals surface area contributed by atoms with Crippen LogP contribution in [0, 0.1) is 0 Å². The topological polar surface area (TPSA) is 0 Å². The van der Waals surface area contributed by atoms with Crippen LogP contribution in [0.5, 0.6) is 0 Å². The molecule has 0 fully saturated rings. The van der Waals surface area contributed by atoms with Gasteiger partial charge in [0.15, 0.2) is 11.7 Å². The van der Waals surface area contributed by atoms with Crippen molar-refractivity contribution in [3.63, 3.8) is 0 Å². The van der Waals surface area contributed by atoms with Crippen LogP contribution in [-0.4, -0.2) is 0 Å². The van der Waals surface area contributed by atoms with Crippen LogP contribution in [-0.2, 0) is 0 Å². The summed E-state index contributed by atoms with van der Waals surface area (Å²) >= 11 is 2.95. The van der Waals surface area contributed by atoms with E-state index in [-0.39, 0.29) is 0 Å². The first-order valence-electron chi connectivity index (χ1n) is 3.02. The molecule has 1 aliphatic carbocycles. The van der Waals surface area contributed by atoms with Crippen LogP contribution in [0.2, 0.25) is 0 Å². The lowest BCUT2D eigenvalue weighted by atomic mass is 10.1. The molecule has 0 aromatic carbocycles. The first-order chi connectivity index (χ1) is 4.63. The molecular formula is C7H7BrF2. The molecule has 10 heavy (non-hydrogen) atoms. The zero-order chi connectivity index (χ0) is 7.72. The molecule has 3 heteroatoms. The van der Waals surface area contributed by atoms with Crippen molar-refractivity contribution in [2.24, 2.45) is 0 Å². The molecule has 0 nitrogen and oxygen atoms in total. The van der Waals surface area contributed by atoms with Crippen LogP contribution >= 0.6 is 15.9 Å². The van der Waals surface area contributed by atoms with Gasteiger partial charge in [0.05, 0.1) is 0 Å². The van der Waals surface area contributed by atoms with Crippen molar-refractivity contribution in [3.05, 3.63) is 21.7 Å². The molecule has 1 aliphatic rings. The number of hydrogen-bond donors (Lipinski definition) is 0. The molecule has 0 aromatic rings. The molecule has 0 saturated heterocycles. The minimum atomic E-state index is -0.733. The Morgan fingerprint density at radius 1 is 1.20 bits per heavy atom. The van der Waals surface area contributed by atoms with Gasteiger partial charge < -0.3 is 0 Å². The largest absolute Gasteiger partial charge is 0.204 e. The van der Waals surface area contributed by atoms with Crippen molar-refractivity contribution < 1.29 is 8.78 Å². The van der Waals surface area contributed by atoms with Crippen LogP contribution in [0.25, 0.3) is 0 Å². The lowest BCUT2D eigenvalue weighted by Crippen LogP contribution is -1.94. The zero-order valence-electron chi connectivity index (χ0n) is 5.55. The Labute approximate surface area is 66.7 Å². The van der Waals surface area contributed by atoms with Crippen LogP contribution < -0.4 is 0 Å². The summed E-state index contributed by atoms with van der Waals surface area (Å²) in [6.45, 7) is 1.61. The van der Waals surface area contributed by atoms with Gasteiger partial charge in [0.25, 0.3) is 0 Å². The van der Waals surface area contributed by atoms with Gasteiger partial charge in [0.1, 0.15) is 0 Å². The molecule has 0 aliphatic heterocycles. The van der Waals surface area contributed by atoms with Gasteiger partial charge in [-0.05, 0) is 25.3 Å². The Kier molecular flexibility index (Phi) is 2.24. The van der Waals surface area contributed by atoms with Gasteiger partial charge in [0, 0.05) is 4.48 Å². The second kappa shape index (κ2) is 2.82. The molecule has 0 spiro atoms. The SMILES string of the molecule is CC1=C(F)C(F)=C(Br)CC1. The Hall–Kier alpha value is -0.180. The third-order valence-corrected chi connectivity index (χ3v) is 2.27. The van der Waals surface area contributed by atoms with Gasteiger partial charge in [-0.15, -0.1) is 0 Å². The fourth-order valence-corrected chi connectivity index (χ4v) is 1.20. The molecule has 0 N–H and O–H groups in total. The Morgan fingerprint density at radius 2 is 1.80 bits per heavy atom. The fraction of sp³-hybridized carbons (Fsp3) is 0.429. The highest BCUT2D eigenvalue weighted by Gasteiger charge is 2.17. The van der Waals surface area contributed by atoms with Crippen molar-refractivity contribution in [2.75, 3.05) is 0 Å². The van der Waals surface area contributed by atoms with E-state index in [9.17, 15) is 8.78 Å². The third kappa shape index (κ3) is 1.29. The molecule has 0 saturated carbocycles. The first kappa shape index (κ1) is 7.92. The monoisotopic (exact) mass is 208 g/mol. The maximum absolute atomic E-state index is 12.6. The maximum atomic E-state index is 12.6. The second-order valence-corrected chi connectivity index (χ2v) is 3.27. The van der Waals surface area contributed by atoms with Gasteiger partial charge in [-0.2, -0.15) is 0 Å².